The van der Waals surface area contributed by atoms with Crippen LogP contribution in [0.4, 0.5) is 4.39 Å². The van der Waals surface area contributed by atoms with E-state index in [9.17, 15) is 5.11 Å². The van der Waals surface area contributed by atoms with Crippen molar-refractivity contribution in [2.75, 3.05) is 19.8 Å². The van der Waals surface area contributed by atoms with Gasteiger partial charge in [-0.1, -0.05) is 19.1 Å². The van der Waals surface area contributed by atoms with Crippen molar-refractivity contribution in [3.63, 3.8) is 0 Å². The molecule has 0 spiro atoms. The van der Waals surface area contributed by atoms with Crippen molar-refractivity contribution >= 4 is 5.57 Å². The van der Waals surface area contributed by atoms with Crippen LogP contribution < -0.4 is 16.2 Å². The van der Waals surface area contributed by atoms with Crippen molar-refractivity contribution in [2.24, 2.45) is 5.92 Å². The molecule has 0 amide bonds. The van der Waals surface area contributed by atoms with E-state index in [0.29, 0.717) is 13.2 Å². The van der Waals surface area contributed by atoms with E-state index in [2.05, 4.69) is 32.2 Å². The van der Waals surface area contributed by atoms with Crippen LogP contribution in [0.25, 0.3) is 5.57 Å². The summed E-state index contributed by atoms with van der Waals surface area (Å²) in [5.74, 6) is 1.05. The van der Waals surface area contributed by atoms with Crippen LogP contribution in [0.5, 0.6) is 5.75 Å². The lowest BCUT2D eigenvalue weighted by Crippen LogP contribution is -2.45. The second kappa shape index (κ2) is 9.54. The van der Waals surface area contributed by atoms with Gasteiger partial charge in [0.2, 0.25) is 0 Å². The first-order valence-electron chi connectivity index (χ1n) is 12.1. The number of ether oxygens (including phenoxy) is 1. The highest BCUT2D eigenvalue weighted by atomic mass is 19.1. The van der Waals surface area contributed by atoms with Gasteiger partial charge < -0.3 is 20.1 Å². The molecule has 1 saturated heterocycles. The van der Waals surface area contributed by atoms with Gasteiger partial charge in [0.05, 0.1) is 30.6 Å². The number of halogens is 1. The Morgan fingerprint density at radius 3 is 2.91 bits per heavy atom. The van der Waals surface area contributed by atoms with Crippen LogP contribution in [0, 0.1) is 5.92 Å². The van der Waals surface area contributed by atoms with Crippen molar-refractivity contribution in [1.29, 1.82) is 0 Å². The molecule has 2 aliphatic heterocycles. The lowest BCUT2D eigenvalue weighted by molar-refractivity contribution is 0.135. The minimum atomic E-state index is -1.01. The highest BCUT2D eigenvalue weighted by Gasteiger charge is 2.48. The van der Waals surface area contributed by atoms with Crippen molar-refractivity contribution in [3.05, 3.63) is 53.1 Å². The third-order valence-electron chi connectivity index (χ3n) is 7.43. The van der Waals surface area contributed by atoms with E-state index in [4.69, 9.17) is 4.74 Å². The highest BCUT2D eigenvalue weighted by Crippen LogP contribution is 2.45. The van der Waals surface area contributed by atoms with E-state index in [1.165, 1.54) is 5.57 Å². The number of hydrogen-bond acceptors (Lipinski definition) is 6. The molecular weight excluding hydrogens is 421 g/mol. The minimum Gasteiger partial charge on any atom is -0.508 e. The van der Waals surface area contributed by atoms with Crippen LogP contribution in [0.3, 0.4) is 0 Å². The van der Waals surface area contributed by atoms with Crippen LogP contribution in [-0.2, 0) is 11.2 Å². The Balaban J connectivity index is 1.29. The van der Waals surface area contributed by atoms with Crippen molar-refractivity contribution in [1.82, 2.24) is 26.1 Å². The number of alkyl halides is 1. The average molecular weight is 456 g/mol. The summed E-state index contributed by atoms with van der Waals surface area (Å²) in [5.41, 5.74) is 10.8. The van der Waals surface area contributed by atoms with E-state index in [1.807, 2.05) is 26.1 Å². The Labute approximate surface area is 194 Å². The number of H-pyrrole nitrogens is 1. The Hall–Kier alpha value is -2.26. The number of rotatable bonds is 7. The number of aryl methyl sites for hydroxylation is 1. The molecule has 7 nitrogen and oxygen atoms in total. The number of fused-ring (bicyclic) bond motifs is 1. The fraction of sp³-hybridized carbons (Fsp3) is 0.560. The molecule has 2 aromatic rings. The average Bonchev–Trinajstić information content (AvgIpc) is 3.57. The molecule has 2 fully saturated rings. The molecule has 1 aromatic carbocycles. The van der Waals surface area contributed by atoms with Gasteiger partial charge in [0.1, 0.15) is 17.7 Å². The Kier molecular flexibility index (Phi) is 6.51. The summed E-state index contributed by atoms with van der Waals surface area (Å²) in [7, 11) is 0. The predicted octanol–water partition coefficient (Wildman–Crippen LogP) is 3.12. The van der Waals surface area contributed by atoms with Gasteiger partial charge in [-0.25, -0.2) is 14.8 Å². The SMILES string of the molecule is CCOC[C@H]1C=C(c2cnc(C3NNC4C(F)C(c5ccc(O)cc5CC)CCC34)[nH]2)CN1. The van der Waals surface area contributed by atoms with Crippen molar-refractivity contribution < 1.29 is 14.2 Å². The second-order valence-electron chi connectivity index (χ2n) is 9.34. The molecule has 33 heavy (non-hydrogen) atoms. The van der Waals surface area contributed by atoms with Crippen LogP contribution in [0.15, 0.2) is 30.5 Å². The van der Waals surface area contributed by atoms with Crippen LogP contribution in [-0.4, -0.2) is 53.1 Å². The molecule has 1 aromatic heterocycles. The summed E-state index contributed by atoms with van der Waals surface area (Å²) in [6, 6.07) is 5.23. The number of phenolic OH excluding ortho intramolecular Hbond substituents is 1. The number of nitrogens with one attached hydrogen (secondary N) is 4. The molecule has 1 saturated carbocycles. The Morgan fingerprint density at radius 1 is 1.21 bits per heavy atom. The highest BCUT2D eigenvalue weighted by molar-refractivity contribution is 5.66. The van der Waals surface area contributed by atoms with Gasteiger partial charge in [-0.05, 0) is 55.0 Å². The van der Waals surface area contributed by atoms with Gasteiger partial charge >= 0.3 is 0 Å². The summed E-state index contributed by atoms with van der Waals surface area (Å²) < 4.78 is 21.3. The first kappa shape index (κ1) is 22.5. The minimum absolute atomic E-state index is 0.0532. The monoisotopic (exact) mass is 455 g/mol. The first-order valence-corrected chi connectivity index (χ1v) is 12.1. The lowest BCUT2D eigenvalue weighted by Gasteiger charge is -2.36. The number of aromatic nitrogens is 2. The normalized spacial score (nSPS) is 31.5. The summed E-state index contributed by atoms with van der Waals surface area (Å²) in [6.45, 7) is 6.20. The zero-order chi connectivity index (χ0) is 22.9. The Bertz CT molecular complexity index is 1010. The molecule has 8 heteroatoms. The number of nitrogens with zero attached hydrogens (tertiary/aromatic N) is 1. The summed E-state index contributed by atoms with van der Waals surface area (Å²) in [6.07, 6.45) is 5.53. The zero-order valence-corrected chi connectivity index (χ0v) is 19.3. The fourth-order valence-corrected chi connectivity index (χ4v) is 5.71. The maximum atomic E-state index is 15.8. The number of hydrazine groups is 1. The first-order chi connectivity index (χ1) is 16.1. The molecule has 5 N–H and O–H groups in total. The third-order valence-corrected chi connectivity index (χ3v) is 7.43. The third kappa shape index (κ3) is 4.33. The van der Waals surface area contributed by atoms with E-state index in [0.717, 1.165) is 48.5 Å². The number of benzene rings is 1. The summed E-state index contributed by atoms with van der Waals surface area (Å²) >= 11 is 0. The molecule has 6 atom stereocenters. The van der Waals surface area contributed by atoms with E-state index >= 15 is 4.39 Å². The smallest absolute Gasteiger partial charge is 0.125 e. The van der Waals surface area contributed by atoms with Crippen molar-refractivity contribution in [2.45, 2.75) is 63.3 Å². The van der Waals surface area contributed by atoms with Gasteiger partial charge in [0.15, 0.2) is 0 Å². The predicted molar refractivity (Wildman–Crippen MR) is 125 cm³/mol. The summed E-state index contributed by atoms with van der Waals surface area (Å²) in [5, 5.41) is 13.3. The topological polar surface area (TPSA) is 94.2 Å². The molecule has 0 radical (unpaired) electrons. The van der Waals surface area contributed by atoms with Crippen LogP contribution in [0.2, 0.25) is 0 Å². The van der Waals surface area contributed by atoms with Gasteiger partial charge in [-0.15, -0.1) is 0 Å². The molecule has 5 rings (SSSR count). The molecule has 0 bridgehead atoms. The van der Waals surface area contributed by atoms with Gasteiger partial charge in [0.25, 0.3) is 0 Å². The van der Waals surface area contributed by atoms with Gasteiger partial charge in [-0.3, -0.25) is 5.43 Å². The summed E-state index contributed by atoms with van der Waals surface area (Å²) in [4.78, 5) is 8.13. The van der Waals surface area contributed by atoms with Crippen molar-refractivity contribution in [3.8, 4) is 5.75 Å². The number of hydrogen-bond donors (Lipinski definition) is 5. The second-order valence-corrected chi connectivity index (χ2v) is 9.34. The van der Waals surface area contributed by atoms with Crippen LogP contribution in [0.1, 0.15) is 61.3 Å². The largest absolute Gasteiger partial charge is 0.508 e. The quantitative estimate of drug-likeness (QED) is 0.441. The molecule has 1 aliphatic carbocycles. The van der Waals surface area contributed by atoms with E-state index in [1.54, 1.807) is 12.1 Å². The lowest BCUT2D eigenvalue weighted by atomic mass is 9.71. The van der Waals surface area contributed by atoms with E-state index in [-0.39, 0.29) is 35.7 Å². The molecule has 178 valence electrons. The number of phenols is 1. The zero-order valence-electron chi connectivity index (χ0n) is 19.3. The number of aromatic amines is 1. The van der Waals surface area contributed by atoms with Crippen LogP contribution >= 0.6 is 0 Å². The Morgan fingerprint density at radius 2 is 2.09 bits per heavy atom. The number of imidazole rings is 1. The fourth-order valence-electron chi connectivity index (χ4n) is 5.71. The molecule has 3 aliphatic rings. The molecule has 5 unspecified atom stereocenters. The molecular formula is C25H34FN5O2. The standard InChI is InChI=1S/C25H34FN5O2/c1-3-14-10-17(32)5-6-18(14)19-7-8-20-23(22(19)26)30-31-24(20)25-28-12-21(29-25)15-9-16(27-11-15)13-33-4-2/h5-6,9-10,12,16,19-20,22-24,27,30-32H,3-4,7-8,11,13H2,1-2H3,(H,28,29)/t16-,19?,20?,22?,23?,24?/m1/s1. The molecule has 3 heterocycles. The number of aromatic hydroxyl groups is 1. The van der Waals surface area contributed by atoms with E-state index < -0.39 is 6.17 Å². The maximum Gasteiger partial charge on any atom is 0.125 e. The maximum absolute atomic E-state index is 15.8. The van der Waals surface area contributed by atoms with Gasteiger partial charge in [0, 0.05) is 31.0 Å². The van der Waals surface area contributed by atoms with Gasteiger partial charge in [-0.2, -0.15) is 0 Å².